The lowest BCUT2D eigenvalue weighted by molar-refractivity contribution is 0.533. The second kappa shape index (κ2) is 5.93. The predicted octanol–water partition coefficient (Wildman–Crippen LogP) is 1.85. The van der Waals surface area contributed by atoms with Crippen molar-refractivity contribution in [3.63, 3.8) is 0 Å². The van der Waals surface area contributed by atoms with Gasteiger partial charge in [-0.2, -0.15) is 5.10 Å². The number of aryl methyl sites for hydroxylation is 1. The molecule has 0 spiro atoms. The van der Waals surface area contributed by atoms with Crippen LogP contribution in [0.2, 0.25) is 5.02 Å². The minimum absolute atomic E-state index is 0.106. The first-order valence-corrected chi connectivity index (χ1v) is 6.27. The largest absolute Gasteiger partial charge is 0.313 e. The minimum Gasteiger partial charge on any atom is -0.313 e. The molecule has 18 heavy (non-hydrogen) atoms. The molecule has 0 fully saturated rings. The highest BCUT2D eigenvalue weighted by Gasteiger charge is 2.16. The highest BCUT2D eigenvalue weighted by Crippen LogP contribution is 2.23. The summed E-state index contributed by atoms with van der Waals surface area (Å²) in [5.74, 6) is 0.949. The highest BCUT2D eigenvalue weighted by molar-refractivity contribution is 6.31. The summed E-state index contributed by atoms with van der Waals surface area (Å²) in [6.45, 7) is 2.86. The van der Waals surface area contributed by atoms with Gasteiger partial charge >= 0.3 is 0 Å². The van der Waals surface area contributed by atoms with E-state index in [0.717, 1.165) is 24.4 Å². The van der Waals surface area contributed by atoms with E-state index >= 15 is 0 Å². The Labute approximate surface area is 111 Å². The minimum atomic E-state index is 0.106. The average molecular weight is 266 g/mol. The third-order valence-electron chi connectivity index (χ3n) is 2.91. The molecule has 6 heteroatoms. The fourth-order valence-corrected chi connectivity index (χ4v) is 2.18. The maximum absolute atomic E-state index is 6.17. The van der Waals surface area contributed by atoms with Gasteiger partial charge in [-0.1, -0.05) is 11.6 Å². The van der Waals surface area contributed by atoms with Gasteiger partial charge in [-0.25, -0.2) is 4.98 Å². The molecule has 1 atom stereocenters. The van der Waals surface area contributed by atoms with Crippen LogP contribution in [0.4, 0.5) is 0 Å². The lowest BCUT2D eigenvalue weighted by Crippen LogP contribution is -2.21. The number of nitrogens with one attached hydrogen (secondary N) is 1. The molecule has 0 aromatic carbocycles. The Morgan fingerprint density at radius 3 is 3.00 bits per heavy atom. The molecule has 0 aliphatic carbocycles. The molecule has 2 rings (SSSR count). The van der Waals surface area contributed by atoms with Gasteiger partial charge in [0.05, 0.1) is 5.02 Å². The summed E-state index contributed by atoms with van der Waals surface area (Å²) in [5, 5.41) is 8.09. The van der Waals surface area contributed by atoms with E-state index in [1.165, 1.54) is 0 Å². The molecular weight excluding hydrogens is 250 g/mol. The lowest BCUT2D eigenvalue weighted by atomic mass is 10.1. The van der Waals surface area contributed by atoms with Crippen molar-refractivity contribution >= 4 is 11.6 Å². The van der Waals surface area contributed by atoms with Gasteiger partial charge in [0, 0.05) is 31.4 Å². The van der Waals surface area contributed by atoms with Gasteiger partial charge in [0.15, 0.2) is 0 Å². The molecule has 0 amide bonds. The second-order valence-corrected chi connectivity index (χ2v) is 4.34. The van der Waals surface area contributed by atoms with Gasteiger partial charge in [0.1, 0.15) is 12.2 Å². The number of hydrogen-bond acceptors (Lipinski definition) is 4. The van der Waals surface area contributed by atoms with E-state index in [1.807, 2.05) is 24.7 Å². The maximum atomic E-state index is 6.17. The van der Waals surface area contributed by atoms with Crippen LogP contribution in [0.3, 0.4) is 0 Å². The summed E-state index contributed by atoms with van der Waals surface area (Å²) in [6.07, 6.45) is 5.73. The number of nitrogens with zero attached hydrogens (tertiary/aromatic N) is 4. The zero-order valence-corrected chi connectivity index (χ0v) is 11.2. The van der Waals surface area contributed by atoms with Crippen molar-refractivity contribution in [3.05, 3.63) is 41.2 Å². The number of aromatic nitrogens is 4. The first-order valence-electron chi connectivity index (χ1n) is 5.89. The molecule has 0 saturated heterocycles. The Kier molecular flexibility index (Phi) is 4.28. The molecule has 0 aliphatic rings. The van der Waals surface area contributed by atoms with Gasteiger partial charge in [0.25, 0.3) is 0 Å². The fraction of sp³-hybridized carbons (Fsp3) is 0.417. The van der Waals surface area contributed by atoms with Gasteiger partial charge in [0.2, 0.25) is 0 Å². The van der Waals surface area contributed by atoms with Crippen molar-refractivity contribution in [1.29, 1.82) is 0 Å². The van der Waals surface area contributed by atoms with Gasteiger partial charge in [-0.3, -0.25) is 9.67 Å². The van der Waals surface area contributed by atoms with Crippen molar-refractivity contribution in [2.24, 2.45) is 0 Å². The Hall–Kier alpha value is -1.46. The van der Waals surface area contributed by atoms with Crippen LogP contribution in [-0.2, 0) is 13.0 Å². The summed E-state index contributed by atoms with van der Waals surface area (Å²) >= 11 is 6.17. The number of pyridine rings is 1. The van der Waals surface area contributed by atoms with Crippen LogP contribution in [-0.4, -0.2) is 26.8 Å². The molecule has 0 bridgehead atoms. The first-order chi connectivity index (χ1) is 8.76. The van der Waals surface area contributed by atoms with E-state index < -0.39 is 0 Å². The molecule has 2 heterocycles. The van der Waals surface area contributed by atoms with Crippen molar-refractivity contribution in [1.82, 2.24) is 25.1 Å². The molecule has 0 aliphatic heterocycles. The van der Waals surface area contributed by atoms with Gasteiger partial charge in [-0.15, -0.1) is 0 Å². The fourth-order valence-electron chi connectivity index (χ4n) is 1.93. The molecule has 0 radical (unpaired) electrons. The molecule has 96 valence electrons. The predicted molar refractivity (Wildman–Crippen MR) is 70.4 cm³/mol. The standard InChI is InChI=1S/C12H16ClN5/c1-3-18-12(16-8-17-18)6-11(14-2)9-4-5-15-7-10(9)13/h4-5,7-8,11,14H,3,6H2,1-2H3. The maximum Gasteiger partial charge on any atom is 0.138 e. The Morgan fingerprint density at radius 2 is 2.33 bits per heavy atom. The zero-order chi connectivity index (χ0) is 13.0. The third kappa shape index (κ3) is 2.68. The highest BCUT2D eigenvalue weighted by atomic mass is 35.5. The van der Waals surface area contributed by atoms with E-state index in [2.05, 4.69) is 20.4 Å². The van der Waals surface area contributed by atoms with Crippen molar-refractivity contribution in [2.45, 2.75) is 25.9 Å². The van der Waals surface area contributed by atoms with Gasteiger partial charge < -0.3 is 5.32 Å². The zero-order valence-electron chi connectivity index (χ0n) is 10.5. The van der Waals surface area contributed by atoms with E-state index in [-0.39, 0.29) is 6.04 Å². The van der Waals surface area contributed by atoms with Crippen LogP contribution in [0, 0.1) is 0 Å². The Balaban J connectivity index is 2.23. The molecule has 1 N–H and O–H groups in total. The summed E-state index contributed by atoms with van der Waals surface area (Å²) in [4.78, 5) is 8.28. The quantitative estimate of drug-likeness (QED) is 0.896. The van der Waals surface area contributed by atoms with Crippen molar-refractivity contribution in [2.75, 3.05) is 7.05 Å². The SMILES string of the molecule is CCn1ncnc1CC(NC)c1ccncc1Cl. The number of likely N-dealkylation sites (N-methyl/N-ethyl adjacent to an activating group) is 1. The number of halogens is 1. The van der Waals surface area contributed by atoms with E-state index in [4.69, 9.17) is 11.6 Å². The third-order valence-corrected chi connectivity index (χ3v) is 3.23. The molecule has 1 unspecified atom stereocenters. The monoisotopic (exact) mass is 265 g/mol. The van der Waals surface area contributed by atoms with Gasteiger partial charge in [-0.05, 0) is 25.6 Å². The van der Waals surface area contributed by atoms with Crippen molar-refractivity contribution < 1.29 is 0 Å². The van der Waals surface area contributed by atoms with Crippen LogP contribution in [0.25, 0.3) is 0 Å². The second-order valence-electron chi connectivity index (χ2n) is 3.93. The van der Waals surface area contributed by atoms with Crippen LogP contribution < -0.4 is 5.32 Å². The Morgan fingerprint density at radius 1 is 1.50 bits per heavy atom. The van der Waals surface area contributed by atoms with E-state index in [1.54, 1.807) is 18.7 Å². The molecular formula is C12H16ClN5. The summed E-state index contributed by atoms with van der Waals surface area (Å²) < 4.78 is 1.89. The molecule has 2 aromatic heterocycles. The van der Waals surface area contributed by atoms with Crippen LogP contribution in [0.15, 0.2) is 24.8 Å². The Bertz CT molecular complexity index is 511. The number of rotatable bonds is 5. The van der Waals surface area contributed by atoms with E-state index in [0.29, 0.717) is 5.02 Å². The average Bonchev–Trinajstić information content (AvgIpc) is 2.84. The summed E-state index contributed by atoms with van der Waals surface area (Å²) in [6, 6.07) is 2.03. The summed E-state index contributed by atoms with van der Waals surface area (Å²) in [7, 11) is 1.91. The summed E-state index contributed by atoms with van der Waals surface area (Å²) in [5.41, 5.74) is 1.03. The van der Waals surface area contributed by atoms with Crippen LogP contribution in [0.5, 0.6) is 0 Å². The van der Waals surface area contributed by atoms with Crippen LogP contribution in [0.1, 0.15) is 24.4 Å². The molecule has 0 saturated carbocycles. The topological polar surface area (TPSA) is 55.6 Å². The molecule has 2 aromatic rings. The number of hydrogen-bond donors (Lipinski definition) is 1. The van der Waals surface area contributed by atoms with Crippen molar-refractivity contribution in [3.8, 4) is 0 Å². The van der Waals surface area contributed by atoms with E-state index in [9.17, 15) is 0 Å². The normalized spacial score (nSPS) is 12.6. The smallest absolute Gasteiger partial charge is 0.138 e. The molecule has 5 nitrogen and oxygen atoms in total. The van der Waals surface area contributed by atoms with Crippen LogP contribution >= 0.6 is 11.6 Å². The lowest BCUT2D eigenvalue weighted by Gasteiger charge is -2.17. The first kappa shape index (κ1) is 13.0.